The number of fused-ring (bicyclic) bond motifs is 1. The summed E-state index contributed by atoms with van der Waals surface area (Å²) < 4.78 is 15.1. The topological polar surface area (TPSA) is 46.9 Å². The van der Waals surface area contributed by atoms with Crippen LogP contribution in [0.2, 0.25) is 0 Å². The molecule has 0 atom stereocenters. The summed E-state index contributed by atoms with van der Waals surface area (Å²) >= 11 is 0. The summed E-state index contributed by atoms with van der Waals surface area (Å²) in [5, 5.41) is 7.82. The molecule has 0 bridgehead atoms. The number of amides is 1. The van der Waals surface area contributed by atoms with Crippen molar-refractivity contribution in [3.63, 3.8) is 0 Å². The first-order chi connectivity index (χ1) is 12.2. The summed E-state index contributed by atoms with van der Waals surface area (Å²) in [5.41, 5.74) is 3.55. The molecule has 1 fully saturated rings. The zero-order chi connectivity index (χ0) is 17.2. The minimum absolute atomic E-state index is 0.0501. The lowest BCUT2D eigenvalue weighted by Crippen LogP contribution is -2.36. The number of aromatic nitrogens is 2. The highest BCUT2D eigenvalue weighted by Gasteiger charge is 2.27. The predicted octanol–water partition coefficient (Wildman–Crippen LogP) is 3.95. The fourth-order valence-electron chi connectivity index (χ4n) is 4.08. The van der Waals surface area contributed by atoms with E-state index in [1.807, 2.05) is 4.68 Å². The molecular weight excluding hydrogens is 317 g/mol. The zero-order valence-electron chi connectivity index (χ0n) is 14.4. The quantitative estimate of drug-likeness (QED) is 0.919. The molecular formula is C20H24FN3O. The van der Waals surface area contributed by atoms with Crippen LogP contribution >= 0.6 is 0 Å². The van der Waals surface area contributed by atoms with Gasteiger partial charge in [0.1, 0.15) is 5.82 Å². The molecule has 1 amide bonds. The van der Waals surface area contributed by atoms with Crippen LogP contribution in [0.15, 0.2) is 24.3 Å². The maximum absolute atomic E-state index is 13.2. The van der Waals surface area contributed by atoms with E-state index >= 15 is 0 Å². The first kappa shape index (κ1) is 16.3. The van der Waals surface area contributed by atoms with Crippen molar-refractivity contribution in [3.05, 3.63) is 47.0 Å². The van der Waals surface area contributed by atoms with Crippen molar-refractivity contribution in [2.45, 2.75) is 63.8 Å². The standard InChI is InChI=1S/C20H24FN3O/c21-14-10-12-16(13-11-14)24-18-9-5-4-8-17(18)19(23-24)20(25)22-15-6-2-1-3-7-15/h10-13,15H,1-9H2,(H,22,25). The summed E-state index contributed by atoms with van der Waals surface area (Å²) in [5.74, 6) is -0.314. The van der Waals surface area contributed by atoms with Crippen LogP contribution in [0.3, 0.4) is 0 Å². The maximum Gasteiger partial charge on any atom is 0.272 e. The molecule has 1 N–H and O–H groups in total. The highest BCUT2D eigenvalue weighted by Crippen LogP contribution is 2.27. The number of nitrogens with one attached hydrogen (secondary N) is 1. The Morgan fingerprint density at radius 2 is 1.76 bits per heavy atom. The summed E-state index contributed by atoms with van der Waals surface area (Å²) in [4.78, 5) is 12.8. The van der Waals surface area contributed by atoms with Crippen molar-refractivity contribution < 1.29 is 9.18 Å². The molecule has 1 heterocycles. The Morgan fingerprint density at radius 3 is 2.52 bits per heavy atom. The van der Waals surface area contributed by atoms with Crippen LogP contribution in [-0.2, 0) is 12.8 Å². The van der Waals surface area contributed by atoms with Gasteiger partial charge in [-0.3, -0.25) is 4.79 Å². The molecule has 0 saturated heterocycles. The summed E-state index contributed by atoms with van der Waals surface area (Å²) in [7, 11) is 0. The monoisotopic (exact) mass is 341 g/mol. The molecule has 0 unspecified atom stereocenters. The SMILES string of the molecule is O=C(NC1CCCCC1)c1nn(-c2ccc(F)cc2)c2c1CCCC2. The number of hydrogen-bond donors (Lipinski definition) is 1. The molecule has 25 heavy (non-hydrogen) atoms. The number of benzene rings is 1. The lowest BCUT2D eigenvalue weighted by molar-refractivity contribution is 0.0921. The van der Waals surface area contributed by atoms with Crippen LogP contribution in [0.5, 0.6) is 0 Å². The van der Waals surface area contributed by atoms with Gasteiger partial charge >= 0.3 is 0 Å². The Morgan fingerprint density at radius 1 is 1.04 bits per heavy atom. The zero-order valence-corrected chi connectivity index (χ0v) is 14.4. The molecule has 2 aliphatic rings. The smallest absolute Gasteiger partial charge is 0.272 e. The second-order valence-electron chi connectivity index (χ2n) is 7.18. The van der Waals surface area contributed by atoms with E-state index in [2.05, 4.69) is 10.4 Å². The Labute approximate surface area is 147 Å². The first-order valence-electron chi connectivity index (χ1n) is 9.40. The highest BCUT2D eigenvalue weighted by molar-refractivity contribution is 5.94. The van der Waals surface area contributed by atoms with Gasteiger partial charge in [-0.2, -0.15) is 5.10 Å². The predicted molar refractivity (Wildman–Crippen MR) is 94.5 cm³/mol. The Bertz CT molecular complexity index is 760. The third-order valence-electron chi connectivity index (χ3n) is 5.41. The second-order valence-corrected chi connectivity index (χ2v) is 7.18. The van der Waals surface area contributed by atoms with E-state index in [1.54, 1.807) is 12.1 Å². The lowest BCUT2D eigenvalue weighted by atomic mass is 9.94. The van der Waals surface area contributed by atoms with E-state index in [-0.39, 0.29) is 17.8 Å². The average molecular weight is 341 g/mol. The lowest BCUT2D eigenvalue weighted by Gasteiger charge is -2.22. The number of hydrogen-bond acceptors (Lipinski definition) is 2. The molecule has 2 aliphatic carbocycles. The van der Waals surface area contributed by atoms with Crippen molar-refractivity contribution in [2.24, 2.45) is 0 Å². The minimum atomic E-state index is -0.264. The number of halogens is 1. The van der Waals surface area contributed by atoms with Gasteiger partial charge in [-0.05, 0) is 62.8 Å². The molecule has 132 valence electrons. The van der Waals surface area contributed by atoms with Gasteiger partial charge in [-0.15, -0.1) is 0 Å². The van der Waals surface area contributed by atoms with E-state index in [4.69, 9.17) is 0 Å². The maximum atomic E-state index is 13.2. The fourth-order valence-corrected chi connectivity index (χ4v) is 4.08. The molecule has 1 aromatic carbocycles. The van der Waals surface area contributed by atoms with Crippen LogP contribution < -0.4 is 5.32 Å². The summed E-state index contributed by atoms with van der Waals surface area (Å²) in [6, 6.07) is 6.60. The number of carbonyl (C=O) groups is 1. The third kappa shape index (κ3) is 3.32. The molecule has 1 aromatic heterocycles. The Kier molecular flexibility index (Phi) is 4.55. The van der Waals surface area contributed by atoms with Crippen LogP contribution in [0.25, 0.3) is 5.69 Å². The van der Waals surface area contributed by atoms with Gasteiger partial charge in [-0.1, -0.05) is 19.3 Å². The van der Waals surface area contributed by atoms with Gasteiger partial charge in [0.05, 0.1) is 5.69 Å². The average Bonchev–Trinajstić information content (AvgIpc) is 3.03. The van der Waals surface area contributed by atoms with Gasteiger partial charge in [0.25, 0.3) is 5.91 Å². The summed E-state index contributed by atoms with van der Waals surface area (Å²) in [6.07, 6.45) is 9.76. The van der Waals surface area contributed by atoms with Crippen molar-refractivity contribution in [3.8, 4) is 5.69 Å². The van der Waals surface area contributed by atoms with Gasteiger partial charge in [0, 0.05) is 17.3 Å². The Hall–Kier alpha value is -2.17. The van der Waals surface area contributed by atoms with Gasteiger partial charge in [0.2, 0.25) is 0 Å². The Balaban J connectivity index is 1.65. The molecule has 0 aliphatic heterocycles. The first-order valence-corrected chi connectivity index (χ1v) is 9.40. The second kappa shape index (κ2) is 6.98. The van der Waals surface area contributed by atoms with Crippen molar-refractivity contribution in [1.29, 1.82) is 0 Å². The van der Waals surface area contributed by atoms with Crippen LogP contribution in [-0.4, -0.2) is 21.7 Å². The van der Waals surface area contributed by atoms with E-state index in [9.17, 15) is 9.18 Å². The van der Waals surface area contributed by atoms with Crippen LogP contribution in [0.4, 0.5) is 4.39 Å². The molecule has 0 spiro atoms. The van der Waals surface area contributed by atoms with E-state index in [1.165, 1.54) is 31.4 Å². The summed E-state index contributed by atoms with van der Waals surface area (Å²) in [6.45, 7) is 0. The van der Waals surface area contributed by atoms with Gasteiger partial charge in [-0.25, -0.2) is 9.07 Å². The third-order valence-corrected chi connectivity index (χ3v) is 5.41. The van der Waals surface area contributed by atoms with Gasteiger partial charge < -0.3 is 5.32 Å². The molecule has 5 heteroatoms. The van der Waals surface area contributed by atoms with Crippen LogP contribution in [0, 0.1) is 5.82 Å². The van der Waals surface area contributed by atoms with E-state index < -0.39 is 0 Å². The number of rotatable bonds is 3. The minimum Gasteiger partial charge on any atom is -0.348 e. The highest BCUT2D eigenvalue weighted by atomic mass is 19.1. The fraction of sp³-hybridized carbons (Fsp3) is 0.500. The van der Waals surface area contributed by atoms with Crippen LogP contribution in [0.1, 0.15) is 66.7 Å². The molecule has 4 nitrogen and oxygen atoms in total. The van der Waals surface area contributed by atoms with Crippen molar-refractivity contribution in [1.82, 2.24) is 15.1 Å². The molecule has 1 saturated carbocycles. The molecule has 2 aromatic rings. The van der Waals surface area contributed by atoms with E-state index in [0.717, 1.165) is 55.5 Å². The largest absolute Gasteiger partial charge is 0.348 e. The van der Waals surface area contributed by atoms with Crippen molar-refractivity contribution in [2.75, 3.05) is 0 Å². The molecule has 4 rings (SSSR count). The number of carbonyl (C=O) groups excluding carboxylic acids is 1. The van der Waals surface area contributed by atoms with Crippen molar-refractivity contribution >= 4 is 5.91 Å². The normalized spacial score (nSPS) is 18.0. The molecule has 0 radical (unpaired) electrons. The van der Waals surface area contributed by atoms with E-state index in [0.29, 0.717) is 5.69 Å². The number of nitrogens with zero attached hydrogens (tertiary/aromatic N) is 2. The van der Waals surface area contributed by atoms with Gasteiger partial charge in [0.15, 0.2) is 5.69 Å².